The van der Waals surface area contributed by atoms with Gasteiger partial charge in [0.25, 0.3) is 0 Å². The fraction of sp³-hybridized carbons (Fsp3) is 0.500. The fourth-order valence-corrected chi connectivity index (χ4v) is 1.09. The zero-order valence-electron chi connectivity index (χ0n) is 8.03. The number of rotatable bonds is 4. The fourth-order valence-electron chi connectivity index (χ4n) is 1.09. The lowest BCUT2D eigenvalue weighted by Crippen LogP contribution is -2.01. The summed E-state index contributed by atoms with van der Waals surface area (Å²) >= 11 is 0. The van der Waals surface area contributed by atoms with E-state index in [9.17, 15) is 0 Å². The van der Waals surface area contributed by atoms with Gasteiger partial charge in [-0.2, -0.15) is 0 Å². The lowest BCUT2D eigenvalue weighted by Gasteiger charge is -2.05. The molecular formula is C10H15NO2. The molecule has 0 aromatic carbocycles. The lowest BCUT2D eigenvalue weighted by atomic mass is 10.1. The molecule has 0 amide bonds. The van der Waals surface area contributed by atoms with Gasteiger partial charge in [0, 0.05) is 12.3 Å². The van der Waals surface area contributed by atoms with Gasteiger partial charge in [-0.15, -0.1) is 0 Å². The van der Waals surface area contributed by atoms with Crippen LogP contribution in [-0.2, 0) is 6.42 Å². The zero-order chi connectivity index (χ0) is 9.68. The third kappa shape index (κ3) is 3.42. The van der Waals surface area contributed by atoms with Crippen molar-refractivity contribution in [1.29, 1.82) is 0 Å². The molecule has 3 heteroatoms. The summed E-state index contributed by atoms with van der Waals surface area (Å²) in [5.41, 5.74) is 1.15. The highest BCUT2D eigenvalue weighted by Gasteiger charge is 1.99. The van der Waals surface area contributed by atoms with Crippen LogP contribution in [0.3, 0.4) is 0 Å². The third-order valence-corrected chi connectivity index (χ3v) is 1.86. The minimum atomic E-state index is -0.251. The standard InChI is InChI=1S/C10H15NO2/c1-8(12)3-4-9-5-6-11-10(7-9)13-2/h5-8,12H,3-4H2,1-2H3/t8-/m1/s1. The van der Waals surface area contributed by atoms with Crippen LogP contribution < -0.4 is 4.74 Å². The van der Waals surface area contributed by atoms with E-state index in [0.717, 1.165) is 18.4 Å². The van der Waals surface area contributed by atoms with Gasteiger partial charge in [-0.1, -0.05) is 0 Å². The van der Waals surface area contributed by atoms with Gasteiger partial charge >= 0.3 is 0 Å². The largest absolute Gasteiger partial charge is 0.481 e. The number of pyridine rings is 1. The van der Waals surface area contributed by atoms with Crippen LogP contribution in [0.5, 0.6) is 5.88 Å². The summed E-state index contributed by atoms with van der Waals surface area (Å²) in [4.78, 5) is 4.00. The Morgan fingerprint density at radius 3 is 3.00 bits per heavy atom. The first-order chi connectivity index (χ1) is 6.22. The van der Waals surface area contributed by atoms with Gasteiger partial charge in [0.1, 0.15) is 0 Å². The molecule has 13 heavy (non-hydrogen) atoms. The molecule has 0 aliphatic heterocycles. The van der Waals surface area contributed by atoms with Crippen LogP contribution in [0.15, 0.2) is 18.3 Å². The highest BCUT2D eigenvalue weighted by molar-refractivity contribution is 5.20. The average Bonchev–Trinajstić information content (AvgIpc) is 2.15. The van der Waals surface area contributed by atoms with E-state index in [1.807, 2.05) is 12.1 Å². The summed E-state index contributed by atoms with van der Waals surface area (Å²) in [5, 5.41) is 9.09. The number of ether oxygens (including phenoxy) is 1. The van der Waals surface area contributed by atoms with Crippen molar-refractivity contribution in [2.45, 2.75) is 25.9 Å². The average molecular weight is 181 g/mol. The van der Waals surface area contributed by atoms with Crippen molar-refractivity contribution in [3.63, 3.8) is 0 Å². The molecule has 72 valence electrons. The van der Waals surface area contributed by atoms with Gasteiger partial charge in [-0.25, -0.2) is 4.98 Å². The van der Waals surface area contributed by atoms with Crippen molar-refractivity contribution in [2.75, 3.05) is 7.11 Å². The molecule has 1 aromatic heterocycles. The Kier molecular flexibility index (Phi) is 3.71. The summed E-state index contributed by atoms with van der Waals surface area (Å²) in [5.74, 6) is 0.628. The molecule has 3 nitrogen and oxygen atoms in total. The van der Waals surface area contributed by atoms with E-state index in [2.05, 4.69) is 4.98 Å². The normalized spacial score (nSPS) is 12.5. The van der Waals surface area contributed by atoms with Crippen molar-refractivity contribution in [3.8, 4) is 5.88 Å². The summed E-state index contributed by atoms with van der Waals surface area (Å²) in [6.45, 7) is 1.79. The van der Waals surface area contributed by atoms with Crippen LogP contribution in [0.2, 0.25) is 0 Å². The highest BCUT2D eigenvalue weighted by Crippen LogP contribution is 2.11. The van der Waals surface area contributed by atoms with Crippen molar-refractivity contribution in [3.05, 3.63) is 23.9 Å². The molecule has 0 saturated carbocycles. The van der Waals surface area contributed by atoms with Gasteiger partial charge in [0.2, 0.25) is 5.88 Å². The van der Waals surface area contributed by atoms with Crippen LogP contribution >= 0.6 is 0 Å². The maximum absolute atomic E-state index is 9.09. The van der Waals surface area contributed by atoms with E-state index in [-0.39, 0.29) is 6.10 Å². The van der Waals surface area contributed by atoms with Crippen LogP contribution in [-0.4, -0.2) is 23.3 Å². The second-order valence-corrected chi connectivity index (χ2v) is 3.09. The Labute approximate surface area is 78.4 Å². The molecule has 0 saturated heterocycles. The zero-order valence-corrected chi connectivity index (χ0v) is 8.03. The van der Waals surface area contributed by atoms with E-state index >= 15 is 0 Å². The summed E-state index contributed by atoms with van der Waals surface area (Å²) in [7, 11) is 1.60. The molecule has 0 bridgehead atoms. The smallest absolute Gasteiger partial charge is 0.213 e. The molecule has 0 radical (unpaired) electrons. The monoisotopic (exact) mass is 181 g/mol. The number of aliphatic hydroxyl groups excluding tert-OH is 1. The first-order valence-electron chi connectivity index (χ1n) is 4.39. The van der Waals surface area contributed by atoms with Gasteiger partial charge in [0.05, 0.1) is 13.2 Å². The summed E-state index contributed by atoms with van der Waals surface area (Å²) in [6, 6.07) is 3.83. The van der Waals surface area contributed by atoms with E-state index in [1.165, 1.54) is 0 Å². The molecule has 0 fully saturated rings. The van der Waals surface area contributed by atoms with Gasteiger partial charge in [-0.05, 0) is 31.4 Å². The van der Waals surface area contributed by atoms with Crippen molar-refractivity contribution >= 4 is 0 Å². The number of hydrogen-bond acceptors (Lipinski definition) is 3. The SMILES string of the molecule is COc1cc(CC[C@@H](C)O)ccn1. The third-order valence-electron chi connectivity index (χ3n) is 1.86. The molecule has 0 aliphatic rings. The molecule has 1 rings (SSSR count). The Morgan fingerprint density at radius 2 is 2.38 bits per heavy atom. The van der Waals surface area contributed by atoms with Crippen molar-refractivity contribution < 1.29 is 9.84 Å². The van der Waals surface area contributed by atoms with Gasteiger partial charge in [0.15, 0.2) is 0 Å². The molecule has 0 unspecified atom stereocenters. The Bertz CT molecular complexity index is 261. The predicted octanol–water partition coefficient (Wildman–Crippen LogP) is 1.40. The lowest BCUT2D eigenvalue weighted by molar-refractivity contribution is 0.185. The summed E-state index contributed by atoms with van der Waals surface area (Å²) in [6.07, 6.45) is 3.10. The van der Waals surface area contributed by atoms with Crippen LogP contribution in [0.4, 0.5) is 0 Å². The topological polar surface area (TPSA) is 42.4 Å². The Balaban J connectivity index is 2.56. The van der Waals surface area contributed by atoms with Crippen LogP contribution in [0.25, 0.3) is 0 Å². The first-order valence-corrected chi connectivity index (χ1v) is 4.39. The molecule has 0 aliphatic carbocycles. The Hall–Kier alpha value is -1.09. The second-order valence-electron chi connectivity index (χ2n) is 3.09. The minimum Gasteiger partial charge on any atom is -0.481 e. The van der Waals surface area contributed by atoms with Crippen molar-refractivity contribution in [1.82, 2.24) is 4.98 Å². The number of nitrogens with zero attached hydrogens (tertiary/aromatic N) is 1. The summed E-state index contributed by atoms with van der Waals surface area (Å²) < 4.78 is 4.99. The Morgan fingerprint density at radius 1 is 1.62 bits per heavy atom. The molecular weight excluding hydrogens is 166 g/mol. The predicted molar refractivity (Wildman–Crippen MR) is 50.8 cm³/mol. The van der Waals surface area contributed by atoms with Crippen molar-refractivity contribution in [2.24, 2.45) is 0 Å². The highest BCUT2D eigenvalue weighted by atomic mass is 16.5. The molecule has 1 heterocycles. The van der Waals surface area contributed by atoms with E-state index < -0.39 is 0 Å². The first kappa shape index (κ1) is 9.99. The number of aliphatic hydroxyl groups is 1. The molecule has 1 atom stereocenters. The van der Waals surface area contributed by atoms with Crippen LogP contribution in [0, 0.1) is 0 Å². The molecule has 0 spiro atoms. The number of aryl methyl sites for hydroxylation is 1. The number of aromatic nitrogens is 1. The second kappa shape index (κ2) is 4.82. The number of methoxy groups -OCH3 is 1. The van der Waals surface area contributed by atoms with E-state index in [0.29, 0.717) is 5.88 Å². The maximum Gasteiger partial charge on any atom is 0.213 e. The van der Waals surface area contributed by atoms with E-state index in [4.69, 9.17) is 9.84 Å². The number of hydrogen-bond donors (Lipinski definition) is 1. The van der Waals surface area contributed by atoms with Crippen LogP contribution in [0.1, 0.15) is 18.9 Å². The van der Waals surface area contributed by atoms with E-state index in [1.54, 1.807) is 20.2 Å². The maximum atomic E-state index is 9.09. The molecule has 1 aromatic rings. The van der Waals surface area contributed by atoms with Gasteiger partial charge in [-0.3, -0.25) is 0 Å². The van der Waals surface area contributed by atoms with Gasteiger partial charge < -0.3 is 9.84 Å². The quantitative estimate of drug-likeness (QED) is 0.763. The minimum absolute atomic E-state index is 0.251. The molecule has 1 N–H and O–H groups in total.